The molecule has 2 rings (SSSR count). The highest BCUT2D eigenvalue weighted by atomic mass is 32.1. The lowest BCUT2D eigenvalue weighted by Gasteiger charge is -2.05. The van der Waals surface area contributed by atoms with E-state index in [0.29, 0.717) is 17.7 Å². The first-order valence-electron chi connectivity index (χ1n) is 6.22. The molecule has 2 N–H and O–H groups in total. The van der Waals surface area contributed by atoms with Crippen molar-refractivity contribution in [1.82, 2.24) is 10.3 Å². The lowest BCUT2D eigenvalue weighted by atomic mass is 10.1. The third-order valence-electron chi connectivity index (χ3n) is 2.84. The highest BCUT2D eigenvalue weighted by molar-refractivity contribution is 7.08. The number of nitrogens with one attached hydrogen (secondary N) is 1. The fourth-order valence-corrected chi connectivity index (χ4v) is 2.54. The molecule has 6 heteroatoms. The van der Waals surface area contributed by atoms with Crippen molar-refractivity contribution in [3.05, 3.63) is 57.6 Å². The van der Waals surface area contributed by atoms with Crippen molar-refractivity contribution in [1.29, 1.82) is 0 Å². The van der Waals surface area contributed by atoms with Gasteiger partial charge < -0.3 is 10.4 Å². The Balaban J connectivity index is 2.04. The Morgan fingerprint density at radius 1 is 1.38 bits per heavy atom. The van der Waals surface area contributed by atoms with Crippen molar-refractivity contribution in [3.8, 4) is 0 Å². The molecule has 0 radical (unpaired) electrons. The van der Waals surface area contributed by atoms with E-state index in [0.717, 1.165) is 17.2 Å². The average molecular weight is 302 g/mol. The van der Waals surface area contributed by atoms with Gasteiger partial charge in [-0.15, -0.1) is 0 Å². The summed E-state index contributed by atoms with van der Waals surface area (Å²) in [6, 6.07) is 1.60. The summed E-state index contributed by atoms with van der Waals surface area (Å²) in [4.78, 5) is 26.5. The highest BCUT2D eigenvalue weighted by Crippen LogP contribution is 2.13. The molecule has 0 bridgehead atoms. The van der Waals surface area contributed by atoms with E-state index < -0.39 is 5.97 Å². The molecule has 1 amide bonds. The Morgan fingerprint density at radius 2 is 2.19 bits per heavy atom. The maximum absolute atomic E-state index is 12.1. The van der Waals surface area contributed by atoms with Crippen molar-refractivity contribution in [2.75, 3.05) is 0 Å². The fourth-order valence-electron chi connectivity index (χ4n) is 1.69. The standard InChI is InChI=1S/C15H14N2O3S/c1-10-8-21-9-13(10)7-17-15(20)12-4-11(5-16-6-12)2-3-14(18)19/h2-6,8-9H,7H2,1H3,(H,17,20)(H,18,19)/b3-2+. The van der Waals surface area contributed by atoms with Crippen LogP contribution >= 0.6 is 11.3 Å². The van der Waals surface area contributed by atoms with Crippen molar-refractivity contribution in [2.24, 2.45) is 0 Å². The van der Waals surface area contributed by atoms with Crippen molar-refractivity contribution in [3.63, 3.8) is 0 Å². The molecule has 0 saturated heterocycles. The lowest BCUT2D eigenvalue weighted by Crippen LogP contribution is -2.23. The van der Waals surface area contributed by atoms with E-state index in [1.165, 1.54) is 18.5 Å². The Hall–Kier alpha value is -2.47. The summed E-state index contributed by atoms with van der Waals surface area (Å²) >= 11 is 1.60. The molecule has 5 nitrogen and oxygen atoms in total. The number of hydrogen-bond donors (Lipinski definition) is 2. The van der Waals surface area contributed by atoms with Gasteiger partial charge >= 0.3 is 5.97 Å². The Labute approximate surface area is 126 Å². The van der Waals surface area contributed by atoms with Crippen LogP contribution in [0.4, 0.5) is 0 Å². The van der Waals surface area contributed by atoms with Gasteiger partial charge in [0.25, 0.3) is 5.91 Å². The molecule has 0 saturated carbocycles. The van der Waals surface area contributed by atoms with Gasteiger partial charge in [0.1, 0.15) is 0 Å². The third-order valence-corrected chi connectivity index (χ3v) is 3.75. The van der Waals surface area contributed by atoms with Crippen LogP contribution in [-0.2, 0) is 11.3 Å². The minimum absolute atomic E-state index is 0.237. The summed E-state index contributed by atoms with van der Waals surface area (Å²) in [5.41, 5.74) is 3.20. The van der Waals surface area contributed by atoms with Crippen LogP contribution in [0.5, 0.6) is 0 Å². The minimum Gasteiger partial charge on any atom is -0.478 e. The van der Waals surface area contributed by atoms with Crippen LogP contribution in [0.3, 0.4) is 0 Å². The molecule has 2 aromatic rings. The summed E-state index contributed by atoms with van der Waals surface area (Å²) in [7, 11) is 0. The number of rotatable bonds is 5. The summed E-state index contributed by atoms with van der Waals surface area (Å²) < 4.78 is 0. The summed E-state index contributed by atoms with van der Waals surface area (Å²) in [6.07, 6.45) is 5.36. The normalized spacial score (nSPS) is 10.7. The van der Waals surface area contributed by atoms with Crippen LogP contribution in [0.25, 0.3) is 6.08 Å². The molecule has 0 fully saturated rings. The van der Waals surface area contributed by atoms with Gasteiger partial charge in [-0.3, -0.25) is 9.78 Å². The molecular weight excluding hydrogens is 288 g/mol. The Morgan fingerprint density at radius 3 is 2.86 bits per heavy atom. The molecule has 0 atom stereocenters. The van der Waals surface area contributed by atoms with Gasteiger partial charge in [0, 0.05) is 25.0 Å². The number of carbonyl (C=O) groups is 2. The van der Waals surface area contributed by atoms with Gasteiger partial charge in [0.05, 0.1) is 5.56 Å². The highest BCUT2D eigenvalue weighted by Gasteiger charge is 2.07. The number of carboxylic acid groups (broad SMARTS) is 1. The van der Waals surface area contributed by atoms with Crippen LogP contribution in [0.1, 0.15) is 27.0 Å². The molecule has 2 heterocycles. The van der Waals surface area contributed by atoms with E-state index in [1.54, 1.807) is 17.4 Å². The number of aliphatic carboxylic acids is 1. The number of amides is 1. The van der Waals surface area contributed by atoms with E-state index in [2.05, 4.69) is 10.3 Å². The van der Waals surface area contributed by atoms with Gasteiger partial charge in [-0.25, -0.2) is 4.79 Å². The first-order chi connectivity index (χ1) is 10.1. The van der Waals surface area contributed by atoms with Crippen LogP contribution in [-0.4, -0.2) is 22.0 Å². The predicted octanol–water partition coefficient (Wildman–Crippen LogP) is 2.48. The quantitative estimate of drug-likeness (QED) is 0.832. The average Bonchev–Trinajstić information content (AvgIpc) is 2.88. The first kappa shape index (κ1) is 14.9. The fraction of sp³-hybridized carbons (Fsp3) is 0.133. The first-order valence-corrected chi connectivity index (χ1v) is 7.16. The maximum Gasteiger partial charge on any atom is 0.328 e. The van der Waals surface area contributed by atoms with Crippen LogP contribution in [0.15, 0.2) is 35.3 Å². The molecule has 0 aliphatic carbocycles. The monoisotopic (exact) mass is 302 g/mol. The van der Waals surface area contributed by atoms with Gasteiger partial charge in [0.2, 0.25) is 0 Å². The number of hydrogen-bond acceptors (Lipinski definition) is 4. The molecular formula is C15H14N2O3S. The van der Waals surface area contributed by atoms with Gasteiger partial charge in [-0.2, -0.15) is 11.3 Å². The zero-order valence-electron chi connectivity index (χ0n) is 11.4. The number of carbonyl (C=O) groups excluding carboxylic acids is 1. The van der Waals surface area contributed by atoms with E-state index in [4.69, 9.17) is 5.11 Å². The largest absolute Gasteiger partial charge is 0.478 e. The van der Waals surface area contributed by atoms with E-state index in [1.807, 2.05) is 17.7 Å². The van der Waals surface area contributed by atoms with Gasteiger partial charge in [-0.1, -0.05) is 0 Å². The molecule has 108 valence electrons. The second-order valence-electron chi connectivity index (χ2n) is 4.44. The van der Waals surface area contributed by atoms with Crippen molar-refractivity contribution >= 4 is 29.3 Å². The van der Waals surface area contributed by atoms with Gasteiger partial charge in [-0.05, 0) is 46.5 Å². The number of nitrogens with zero attached hydrogens (tertiary/aromatic N) is 1. The second-order valence-corrected chi connectivity index (χ2v) is 5.18. The predicted molar refractivity (Wildman–Crippen MR) is 81.1 cm³/mol. The van der Waals surface area contributed by atoms with E-state index in [9.17, 15) is 9.59 Å². The zero-order valence-corrected chi connectivity index (χ0v) is 12.2. The summed E-state index contributed by atoms with van der Waals surface area (Å²) in [6.45, 7) is 2.46. The minimum atomic E-state index is -1.04. The molecule has 0 aliphatic rings. The Kier molecular flexibility index (Phi) is 4.84. The van der Waals surface area contributed by atoms with Crippen molar-refractivity contribution < 1.29 is 14.7 Å². The molecule has 0 aromatic carbocycles. The third kappa shape index (κ3) is 4.25. The van der Waals surface area contributed by atoms with Crippen LogP contribution in [0.2, 0.25) is 0 Å². The topological polar surface area (TPSA) is 79.3 Å². The lowest BCUT2D eigenvalue weighted by molar-refractivity contribution is -0.131. The van der Waals surface area contributed by atoms with Gasteiger partial charge in [0.15, 0.2) is 0 Å². The maximum atomic E-state index is 12.1. The number of thiophene rings is 1. The van der Waals surface area contributed by atoms with E-state index >= 15 is 0 Å². The van der Waals surface area contributed by atoms with Crippen molar-refractivity contribution in [2.45, 2.75) is 13.5 Å². The molecule has 21 heavy (non-hydrogen) atoms. The van der Waals surface area contributed by atoms with E-state index in [-0.39, 0.29) is 5.91 Å². The SMILES string of the molecule is Cc1cscc1CNC(=O)c1cncc(/C=C/C(=O)O)c1. The Bertz CT molecular complexity index is 692. The number of pyridine rings is 1. The summed E-state index contributed by atoms with van der Waals surface area (Å²) in [5.74, 6) is -1.28. The summed E-state index contributed by atoms with van der Waals surface area (Å²) in [5, 5.41) is 15.4. The molecule has 0 aliphatic heterocycles. The number of aromatic nitrogens is 1. The number of carboxylic acids is 1. The molecule has 2 aromatic heterocycles. The zero-order chi connectivity index (χ0) is 15.2. The second kappa shape index (κ2) is 6.81. The van der Waals surface area contributed by atoms with Crippen LogP contribution in [0, 0.1) is 6.92 Å². The number of aryl methyl sites for hydroxylation is 1. The molecule has 0 unspecified atom stereocenters. The molecule has 0 spiro atoms. The van der Waals surface area contributed by atoms with Crippen LogP contribution < -0.4 is 5.32 Å². The smallest absolute Gasteiger partial charge is 0.328 e.